The first kappa shape index (κ1) is 14.2. The van der Waals surface area contributed by atoms with Crippen molar-refractivity contribution in [2.24, 2.45) is 0 Å². The number of piperidine rings is 1. The van der Waals surface area contributed by atoms with Crippen molar-refractivity contribution in [3.63, 3.8) is 0 Å². The fourth-order valence-corrected chi connectivity index (χ4v) is 2.49. The fourth-order valence-electron chi connectivity index (χ4n) is 2.49. The summed E-state index contributed by atoms with van der Waals surface area (Å²) in [6.45, 7) is 2.24. The predicted octanol–water partition coefficient (Wildman–Crippen LogP) is 1.70. The molecular formula is C15H23NO3. The maximum absolute atomic E-state index is 9.01. The standard InChI is InChI=1S/C15H23NO3/c1-16-8-3-4-13(11-16)19-15-10-12(7-9-17)5-6-14(15)18-2/h5-6,10,13,17H,3-4,7-9,11H2,1-2H3. The molecule has 0 aliphatic carbocycles. The number of hydrogen-bond donors (Lipinski definition) is 1. The molecule has 4 nitrogen and oxygen atoms in total. The van der Waals surface area contributed by atoms with Crippen LogP contribution in [0.25, 0.3) is 0 Å². The third-order valence-electron chi connectivity index (χ3n) is 3.50. The summed E-state index contributed by atoms with van der Waals surface area (Å²) in [6, 6.07) is 5.85. The summed E-state index contributed by atoms with van der Waals surface area (Å²) in [5.74, 6) is 1.55. The van der Waals surface area contributed by atoms with Gasteiger partial charge in [0.25, 0.3) is 0 Å². The van der Waals surface area contributed by atoms with E-state index in [9.17, 15) is 0 Å². The summed E-state index contributed by atoms with van der Waals surface area (Å²) in [5.41, 5.74) is 1.07. The smallest absolute Gasteiger partial charge is 0.161 e. The highest BCUT2D eigenvalue weighted by Crippen LogP contribution is 2.30. The topological polar surface area (TPSA) is 41.9 Å². The Balaban J connectivity index is 2.10. The first-order valence-corrected chi connectivity index (χ1v) is 6.86. The first-order valence-electron chi connectivity index (χ1n) is 6.86. The lowest BCUT2D eigenvalue weighted by molar-refractivity contribution is 0.101. The Morgan fingerprint density at radius 2 is 2.21 bits per heavy atom. The largest absolute Gasteiger partial charge is 0.493 e. The molecule has 1 heterocycles. The van der Waals surface area contributed by atoms with Crippen molar-refractivity contribution < 1.29 is 14.6 Å². The molecule has 1 atom stereocenters. The summed E-state index contributed by atoms with van der Waals surface area (Å²) in [7, 11) is 3.77. The van der Waals surface area contributed by atoms with Gasteiger partial charge in [-0.15, -0.1) is 0 Å². The van der Waals surface area contributed by atoms with Crippen LogP contribution in [0.1, 0.15) is 18.4 Å². The molecule has 1 aliphatic rings. The van der Waals surface area contributed by atoms with Crippen molar-refractivity contribution in [3.8, 4) is 11.5 Å². The summed E-state index contributed by atoms with van der Waals surface area (Å²) < 4.78 is 11.4. The molecule has 1 fully saturated rings. The van der Waals surface area contributed by atoms with Crippen LogP contribution in [0.15, 0.2) is 18.2 Å². The van der Waals surface area contributed by atoms with Crippen LogP contribution in [-0.2, 0) is 6.42 Å². The van der Waals surface area contributed by atoms with Gasteiger partial charge in [-0.2, -0.15) is 0 Å². The molecule has 0 amide bonds. The van der Waals surface area contributed by atoms with E-state index in [2.05, 4.69) is 11.9 Å². The quantitative estimate of drug-likeness (QED) is 0.880. The lowest BCUT2D eigenvalue weighted by Gasteiger charge is -2.30. The predicted molar refractivity (Wildman–Crippen MR) is 74.9 cm³/mol. The molecule has 2 rings (SSSR count). The highest BCUT2D eigenvalue weighted by atomic mass is 16.5. The summed E-state index contributed by atoms with van der Waals surface area (Å²) in [5, 5.41) is 9.01. The number of nitrogens with zero attached hydrogens (tertiary/aromatic N) is 1. The van der Waals surface area contributed by atoms with Crippen LogP contribution < -0.4 is 9.47 Å². The van der Waals surface area contributed by atoms with Gasteiger partial charge in [-0.05, 0) is 50.6 Å². The van der Waals surface area contributed by atoms with Crippen LogP contribution in [0.4, 0.5) is 0 Å². The highest BCUT2D eigenvalue weighted by molar-refractivity contribution is 5.43. The van der Waals surface area contributed by atoms with Gasteiger partial charge in [-0.3, -0.25) is 0 Å². The second-order valence-electron chi connectivity index (χ2n) is 5.10. The van der Waals surface area contributed by atoms with Crippen LogP contribution in [-0.4, -0.2) is 50.0 Å². The summed E-state index contributed by atoms with van der Waals surface area (Å²) in [4.78, 5) is 2.29. The van der Waals surface area contributed by atoms with Gasteiger partial charge in [0.2, 0.25) is 0 Å². The molecule has 4 heteroatoms. The van der Waals surface area contributed by atoms with Crippen LogP contribution in [0.5, 0.6) is 11.5 Å². The molecule has 1 N–H and O–H groups in total. The Bertz CT molecular complexity index is 408. The van der Waals surface area contributed by atoms with Crippen LogP contribution in [0.3, 0.4) is 0 Å². The van der Waals surface area contributed by atoms with E-state index in [1.807, 2.05) is 18.2 Å². The van der Waals surface area contributed by atoms with Crippen molar-refractivity contribution in [1.82, 2.24) is 4.90 Å². The molecule has 0 aromatic heterocycles. The van der Waals surface area contributed by atoms with Gasteiger partial charge >= 0.3 is 0 Å². The van der Waals surface area contributed by atoms with Gasteiger partial charge < -0.3 is 19.5 Å². The van der Waals surface area contributed by atoms with E-state index in [4.69, 9.17) is 14.6 Å². The molecule has 0 radical (unpaired) electrons. The normalized spacial score (nSPS) is 20.3. The lowest BCUT2D eigenvalue weighted by Crippen LogP contribution is -2.38. The number of methoxy groups -OCH3 is 1. The zero-order chi connectivity index (χ0) is 13.7. The Morgan fingerprint density at radius 3 is 2.89 bits per heavy atom. The monoisotopic (exact) mass is 265 g/mol. The highest BCUT2D eigenvalue weighted by Gasteiger charge is 2.20. The average molecular weight is 265 g/mol. The zero-order valence-corrected chi connectivity index (χ0v) is 11.8. The summed E-state index contributed by atoms with van der Waals surface area (Å²) in [6.07, 6.45) is 3.11. The van der Waals surface area contributed by atoms with E-state index in [1.165, 1.54) is 6.42 Å². The molecule has 1 aromatic rings. The molecule has 1 aromatic carbocycles. The molecule has 0 bridgehead atoms. The van der Waals surface area contributed by atoms with Crippen LogP contribution in [0.2, 0.25) is 0 Å². The fraction of sp³-hybridized carbons (Fsp3) is 0.600. The molecule has 106 valence electrons. The SMILES string of the molecule is COc1ccc(CCO)cc1OC1CCCN(C)C1. The maximum Gasteiger partial charge on any atom is 0.161 e. The van der Waals surface area contributed by atoms with Crippen molar-refractivity contribution in [2.75, 3.05) is 33.9 Å². The van der Waals surface area contributed by atoms with E-state index in [1.54, 1.807) is 7.11 Å². The number of likely N-dealkylation sites (tertiary alicyclic amines) is 1. The number of ether oxygens (including phenoxy) is 2. The third-order valence-corrected chi connectivity index (χ3v) is 3.50. The van der Waals surface area contributed by atoms with Gasteiger partial charge in [-0.1, -0.05) is 6.07 Å². The van der Waals surface area contributed by atoms with Gasteiger partial charge in [0.1, 0.15) is 6.10 Å². The van der Waals surface area contributed by atoms with Gasteiger partial charge in [-0.25, -0.2) is 0 Å². The lowest BCUT2D eigenvalue weighted by atomic mass is 10.1. The Hall–Kier alpha value is -1.26. The number of aliphatic hydroxyl groups is 1. The minimum atomic E-state index is 0.151. The first-order chi connectivity index (χ1) is 9.22. The number of likely N-dealkylation sites (N-methyl/N-ethyl adjacent to an activating group) is 1. The van der Waals surface area contributed by atoms with Crippen molar-refractivity contribution in [3.05, 3.63) is 23.8 Å². The van der Waals surface area contributed by atoms with Crippen LogP contribution in [0, 0.1) is 0 Å². The van der Waals surface area contributed by atoms with Crippen molar-refractivity contribution in [2.45, 2.75) is 25.4 Å². The zero-order valence-electron chi connectivity index (χ0n) is 11.8. The molecule has 1 aliphatic heterocycles. The van der Waals surface area contributed by atoms with Crippen molar-refractivity contribution in [1.29, 1.82) is 0 Å². The second-order valence-corrected chi connectivity index (χ2v) is 5.10. The second kappa shape index (κ2) is 6.78. The molecule has 1 unspecified atom stereocenters. The van der Waals surface area contributed by atoms with Gasteiger partial charge in [0, 0.05) is 13.2 Å². The molecule has 0 saturated carbocycles. The molecule has 19 heavy (non-hydrogen) atoms. The summed E-state index contributed by atoms with van der Waals surface area (Å²) >= 11 is 0. The van der Waals surface area contributed by atoms with Crippen LogP contribution >= 0.6 is 0 Å². The Labute approximate surface area is 114 Å². The van der Waals surface area contributed by atoms with E-state index in [0.29, 0.717) is 6.42 Å². The number of aliphatic hydroxyl groups excluding tert-OH is 1. The van der Waals surface area contributed by atoms with E-state index < -0.39 is 0 Å². The van der Waals surface area contributed by atoms with E-state index in [-0.39, 0.29) is 12.7 Å². The van der Waals surface area contributed by atoms with Gasteiger partial charge in [0.15, 0.2) is 11.5 Å². The third kappa shape index (κ3) is 3.85. The Kier molecular flexibility index (Phi) is 5.05. The minimum Gasteiger partial charge on any atom is -0.493 e. The molecular weight excluding hydrogens is 242 g/mol. The molecule has 1 saturated heterocycles. The number of hydrogen-bond acceptors (Lipinski definition) is 4. The maximum atomic E-state index is 9.01. The number of rotatable bonds is 5. The Morgan fingerprint density at radius 1 is 1.37 bits per heavy atom. The number of benzene rings is 1. The van der Waals surface area contributed by atoms with Crippen molar-refractivity contribution >= 4 is 0 Å². The van der Waals surface area contributed by atoms with E-state index in [0.717, 1.165) is 36.6 Å². The molecule has 0 spiro atoms. The average Bonchev–Trinajstić information content (AvgIpc) is 2.39. The van der Waals surface area contributed by atoms with Gasteiger partial charge in [0.05, 0.1) is 7.11 Å². The minimum absolute atomic E-state index is 0.151. The van der Waals surface area contributed by atoms with E-state index >= 15 is 0 Å².